The standard InChI is InChI=1S/C15H20BrN3/c1-10(2)17-8-13-5-6-15(14(16)7-13)19-9-18-11(3)12(19)4/h5-7,9-10,17H,8H2,1-4H3. The molecule has 1 heterocycles. The van der Waals surface area contributed by atoms with Crippen LogP contribution in [0.15, 0.2) is 29.0 Å². The van der Waals surface area contributed by atoms with Gasteiger partial charge in [-0.25, -0.2) is 4.98 Å². The highest BCUT2D eigenvalue weighted by Crippen LogP contribution is 2.24. The highest BCUT2D eigenvalue weighted by molar-refractivity contribution is 9.10. The minimum absolute atomic E-state index is 0.497. The topological polar surface area (TPSA) is 29.9 Å². The van der Waals surface area contributed by atoms with Crippen molar-refractivity contribution in [1.82, 2.24) is 14.9 Å². The number of halogens is 1. The van der Waals surface area contributed by atoms with Crippen molar-refractivity contribution in [2.24, 2.45) is 0 Å². The Morgan fingerprint density at radius 3 is 2.58 bits per heavy atom. The second kappa shape index (κ2) is 5.88. The number of aromatic nitrogens is 2. The monoisotopic (exact) mass is 321 g/mol. The van der Waals surface area contributed by atoms with Crippen molar-refractivity contribution in [2.45, 2.75) is 40.3 Å². The van der Waals surface area contributed by atoms with E-state index in [9.17, 15) is 0 Å². The summed E-state index contributed by atoms with van der Waals surface area (Å²) in [4.78, 5) is 4.35. The number of rotatable bonds is 4. The summed E-state index contributed by atoms with van der Waals surface area (Å²) < 4.78 is 3.20. The molecule has 102 valence electrons. The molecule has 0 bridgehead atoms. The molecule has 0 radical (unpaired) electrons. The molecule has 4 heteroatoms. The Morgan fingerprint density at radius 1 is 1.32 bits per heavy atom. The Morgan fingerprint density at radius 2 is 2.05 bits per heavy atom. The summed E-state index contributed by atoms with van der Waals surface area (Å²) >= 11 is 3.66. The van der Waals surface area contributed by atoms with Crippen molar-refractivity contribution in [3.05, 3.63) is 46.0 Å². The zero-order chi connectivity index (χ0) is 14.0. The van der Waals surface area contributed by atoms with Gasteiger partial charge in [0.05, 0.1) is 17.7 Å². The molecule has 2 rings (SSSR count). The van der Waals surface area contributed by atoms with Crippen molar-refractivity contribution < 1.29 is 0 Å². The van der Waals surface area contributed by atoms with E-state index in [2.05, 4.69) is 69.8 Å². The van der Waals surface area contributed by atoms with Gasteiger partial charge < -0.3 is 9.88 Å². The molecule has 0 aliphatic carbocycles. The fraction of sp³-hybridized carbons (Fsp3) is 0.400. The normalized spacial score (nSPS) is 11.3. The predicted molar refractivity (Wildman–Crippen MR) is 82.7 cm³/mol. The lowest BCUT2D eigenvalue weighted by Crippen LogP contribution is -2.21. The Hall–Kier alpha value is -1.13. The van der Waals surface area contributed by atoms with Crippen LogP contribution in [0, 0.1) is 13.8 Å². The van der Waals surface area contributed by atoms with Crippen LogP contribution in [0.5, 0.6) is 0 Å². The first kappa shape index (κ1) is 14.3. The van der Waals surface area contributed by atoms with Crippen LogP contribution in [0.4, 0.5) is 0 Å². The van der Waals surface area contributed by atoms with Crippen LogP contribution in [0.2, 0.25) is 0 Å². The first-order valence-corrected chi connectivity index (χ1v) is 7.31. The van der Waals surface area contributed by atoms with Gasteiger partial charge in [0.25, 0.3) is 0 Å². The molecule has 0 spiro atoms. The Bertz CT molecular complexity index is 573. The van der Waals surface area contributed by atoms with E-state index in [1.54, 1.807) is 0 Å². The number of nitrogens with zero attached hydrogens (tertiary/aromatic N) is 2. The maximum absolute atomic E-state index is 4.35. The number of hydrogen-bond donors (Lipinski definition) is 1. The average molecular weight is 322 g/mol. The molecule has 0 amide bonds. The van der Waals surface area contributed by atoms with Crippen LogP contribution in [-0.4, -0.2) is 15.6 Å². The van der Waals surface area contributed by atoms with E-state index in [0.29, 0.717) is 6.04 Å². The zero-order valence-corrected chi connectivity index (χ0v) is 13.5. The van der Waals surface area contributed by atoms with Gasteiger partial charge in [0.15, 0.2) is 0 Å². The quantitative estimate of drug-likeness (QED) is 0.929. The van der Waals surface area contributed by atoms with Gasteiger partial charge in [-0.2, -0.15) is 0 Å². The summed E-state index contributed by atoms with van der Waals surface area (Å²) in [5, 5.41) is 3.42. The van der Waals surface area contributed by atoms with E-state index in [1.165, 1.54) is 11.3 Å². The van der Waals surface area contributed by atoms with Crippen molar-refractivity contribution in [1.29, 1.82) is 0 Å². The van der Waals surface area contributed by atoms with Crippen molar-refractivity contribution in [3.8, 4) is 5.69 Å². The molecular formula is C15H20BrN3. The molecule has 3 nitrogen and oxygen atoms in total. The number of hydrogen-bond acceptors (Lipinski definition) is 2. The highest BCUT2D eigenvalue weighted by Gasteiger charge is 2.08. The molecule has 0 atom stereocenters. The third-order valence-electron chi connectivity index (χ3n) is 3.24. The Labute approximate surface area is 123 Å². The average Bonchev–Trinajstić information content (AvgIpc) is 2.68. The summed E-state index contributed by atoms with van der Waals surface area (Å²) in [5.41, 5.74) is 4.65. The molecule has 2 aromatic rings. The second-order valence-corrected chi connectivity index (χ2v) is 5.96. The highest BCUT2D eigenvalue weighted by atomic mass is 79.9. The molecule has 0 aliphatic rings. The Kier molecular flexibility index (Phi) is 4.42. The first-order valence-electron chi connectivity index (χ1n) is 6.51. The third kappa shape index (κ3) is 3.25. The molecule has 1 aromatic carbocycles. The lowest BCUT2D eigenvalue weighted by Gasteiger charge is -2.12. The lowest BCUT2D eigenvalue weighted by molar-refractivity contribution is 0.588. The maximum atomic E-state index is 4.35. The van der Waals surface area contributed by atoms with Gasteiger partial charge in [-0.05, 0) is 47.5 Å². The molecule has 0 saturated carbocycles. The molecular weight excluding hydrogens is 302 g/mol. The number of aryl methyl sites for hydroxylation is 1. The molecule has 0 aliphatic heterocycles. The van der Waals surface area contributed by atoms with Crippen molar-refractivity contribution >= 4 is 15.9 Å². The van der Waals surface area contributed by atoms with Gasteiger partial charge in [-0.15, -0.1) is 0 Å². The number of imidazole rings is 1. The summed E-state index contributed by atoms with van der Waals surface area (Å²) in [6.07, 6.45) is 1.87. The van der Waals surface area contributed by atoms with Gasteiger partial charge in [0.1, 0.15) is 0 Å². The number of benzene rings is 1. The van der Waals surface area contributed by atoms with Gasteiger partial charge in [-0.1, -0.05) is 19.9 Å². The van der Waals surface area contributed by atoms with Crippen LogP contribution >= 0.6 is 15.9 Å². The molecule has 19 heavy (non-hydrogen) atoms. The molecule has 0 saturated heterocycles. The van der Waals surface area contributed by atoms with Gasteiger partial charge in [0, 0.05) is 22.8 Å². The maximum Gasteiger partial charge on any atom is 0.0997 e. The van der Waals surface area contributed by atoms with Crippen LogP contribution in [0.1, 0.15) is 30.8 Å². The van der Waals surface area contributed by atoms with E-state index in [0.717, 1.165) is 22.4 Å². The van der Waals surface area contributed by atoms with Crippen LogP contribution < -0.4 is 5.32 Å². The van der Waals surface area contributed by atoms with E-state index in [1.807, 2.05) is 13.3 Å². The SMILES string of the molecule is Cc1ncn(-c2ccc(CNC(C)C)cc2Br)c1C. The third-order valence-corrected chi connectivity index (χ3v) is 3.87. The van der Waals surface area contributed by atoms with Crippen LogP contribution in [0.3, 0.4) is 0 Å². The van der Waals surface area contributed by atoms with E-state index in [-0.39, 0.29) is 0 Å². The van der Waals surface area contributed by atoms with Gasteiger partial charge >= 0.3 is 0 Å². The smallest absolute Gasteiger partial charge is 0.0997 e. The molecule has 0 fully saturated rings. The van der Waals surface area contributed by atoms with Crippen LogP contribution in [-0.2, 0) is 6.54 Å². The van der Waals surface area contributed by atoms with E-state index < -0.39 is 0 Å². The summed E-state index contributed by atoms with van der Waals surface area (Å²) in [7, 11) is 0. The minimum Gasteiger partial charge on any atom is -0.310 e. The molecule has 1 N–H and O–H groups in total. The largest absolute Gasteiger partial charge is 0.310 e. The lowest BCUT2D eigenvalue weighted by atomic mass is 10.2. The van der Waals surface area contributed by atoms with E-state index >= 15 is 0 Å². The zero-order valence-electron chi connectivity index (χ0n) is 11.9. The Balaban J connectivity index is 2.27. The summed E-state index contributed by atoms with van der Waals surface area (Å²) in [5.74, 6) is 0. The molecule has 1 aromatic heterocycles. The van der Waals surface area contributed by atoms with Gasteiger partial charge in [0.2, 0.25) is 0 Å². The van der Waals surface area contributed by atoms with Gasteiger partial charge in [-0.3, -0.25) is 0 Å². The van der Waals surface area contributed by atoms with Crippen molar-refractivity contribution in [2.75, 3.05) is 0 Å². The summed E-state index contributed by atoms with van der Waals surface area (Å²) in [6, 6.07) is 6.95. The summed E-state index contributed by atoms with van der Waals surface area (Å²) in [6.45, 7) is 9.31. The second-order valence-electron chi connectivity index (χ2n) is 5.11. The van der Waals surface area contributed by atoms with E-state index in [4.69, 9.17) is 0 Å². The number of nitrogens with one attached hydrogen (secondary N) is 1. The fourth-order valence-electron chi connectivity index (χ4n) is 1.92. The van der Waals surface area contributed by atoms with Crippen molar-refractivity contribution in [3.63, 3.8) is 0 Å². The minimum atomic E-state index is 0.497. The first-order chi connectivity index (χ1) is 8.99. The predicted octanol–water partition coefficient (Wildman–Crippen LogP) is 3.75. The fourth-order valence-corrected chi connectivity index (χ4v) is 2.54. The molecule has 0 unspecified atom stereocenters. The van der Waals surface area contributed by atoms with Crippen LogP contribution in [0.25, 0.3) is 5.69 Å².